The summed E-state index contributed by atoms with van der Waals surface area (Å²) in [6, 6.07) is 11.6. The Balaban J connectivity index is 1.54. The van der Waals surface area contributed by atoms with Gasteiger partial charge in [-0.15, -0.1) is 0 Å². The van der Waals surface area contributed by atoms with Gasteiger partial charge in [0.2, 0.25) is 11.9 Å². The number of benzene rings is 1. The molecule has 0 bridgehead atoms. The summed E-state index contributed by atoms with van der Waals surface area (Å²) < 4.78 is 0. The van der Waals surface area contributed by atoms with Gasteiger partial charge in [-0.1, -0.05) is 30.3 Å². The van der Waals surface area contributed by atoms with Crippen molar-refractivity contribution in [2.45, 2.75) is 25.8 Å². The molecule has 0 unspecified atom stereocenters. The van der Waals surface area contributed by atoms with Gasteiger partial charge in [0.15, 0.2) is 0 Å². The molecule has 2 aromatic rings. The first-order valence-electron chi connectivity index (χ1n) is 8.39. The molecule has 0 radical (unpaired) electrons. The van der Waals surface area contributed by atoms with Crippen LogP contribution in [0.4, 0.5) is 5.95 Å². The maximum atomic E-state index is 11.9. The van der Waals surface area contributed by atoms with Crippen LogP contribution < -0.4 is 10.2 Å². The van der Waals surface area contributed by atoms with Crippen molar-refractivity contribution < 1.29 is 4.79 Å². The van der Waals surface area contributed by atoms with Crippen LogP contribution in [-0.4, -0.2) is 29.0 Å². The molecule has 1 amide bonds. The van der Waals surface area contributed by atoms with Crippen LogP contribution >= 0.6 is 0 Å². The van der Waals surface area contributed by atoms with E-state index in [9.17, 15) is 4.79 Å². The second-order valence-electron chi connectivity index (χ2n) is 5.86. The first-order chi connectivity index (χ1) is 11.8. The number of nitrogens with one attached hydrogen (secondary N) is 1. The molecule has 0 aliphatic carbocycles. The van der Waals surface area contributed by atoms with E-state index < -0.39 is 0 Å². The maximum Gasteiger partial charge on any atom is 0.244 e. The van der Waals surface area contributed by atoms with Crippen LogP contribution in [0.3, 0.4) is 0 Å². The Morgan fingerprint density at radius 2 is 1.92 bits per heavy atom. The summed E-state index contributed by atoms with van der Waals surface area (Å²) in [5.41, 5.74) is 1.83. The van der Waals surface area contributed by atoms with E-state index in [1.165, 1.54) is 19.3 Å². The number of carbonyl (C=O) groups is 1. The molecule has 0 saturated carbocycles. The predicted octanol–water partition coefficient (Wildman–Crippen LogP) is 2.80. The summed E-state index contributed by atoms with van der Waals surface area (Å²) in [4.78, 5) is 23.1. The minimum Gasteiger partial charge on any atom is -0.347 e. The van der Waals surface area contributed by atoms with E-state index in [2.05, 4.69) is 20.2 Å². The highest BCUT2D eigenvalue weighted by molar-refractivity contribution is 5.91. The first kappa shape index (κ1) is 16.2. The summed E-state index contributed by atoms with van der Waals surface area (Å²) in [5, 5.41) is 2.86. The van der Waals surface area contributed by atoms with Crippen LogP contribution in [0.5, 0.6) is 0 Å². The summed E-state index contributed by atoms with van der Waals surface area (Å²) >= 11 is 0. The van der Waals surface area contributed by atoms with E-state index in [0.29, 0.717) is 6.54 Å². The van der Waals surface area contributed by atoms with Gasteiger partial charge in [-0.3, -0.25) is 4.79 Å². The summed E-state index contributed by atoms with van der Waals surface area (Å²) in [7, 11) is 0. The minimum absolute atomic E-state index is 0.128. The molecule has 5 heteroatoms. The molecular weight excluding hydrogens is 300 g/mol. The van der Waals surface area contributed by atoms with E-state index in [1.54, 1.807) is 18.3 Å². The Morgan fingerprint density at radius 3 is 2.71 bits per heavy atom. The molecule has 0 spiro atoms. The fourth-order valence-electron chi connectivity index (χ4n) is 2.70. The highest BCUT2D eigenvalue weighted by Crippen LogP contribution is 2.15. The second kappa shape index (κ2) is 8.24. The lowest BCUT2D eigenvalue weighted by Crippen LogP contribution is -2.31. The molecule has 1 aromatic heterocycles. The van der Waals surface area contributed by atoms with Gasteiger partial charge in [-0.05, 0) is 37.0 Å². The average molecular weight is 322 g/mol. The molecule has 24 heavy (non-hydrogen) atoms. The van der Waals surface area contributed by atoms with Gasteiger partial charge in [0.05, 0.1) is 12.2 Å². The van der Waals surface area contributed by atoms with Crippen molar-refractivity contribution >= 4 is 17.9 Å². The average Bonchev–Trinajstić information content (AvgIpc) is 2.66. The monoisotopic (exact) mass is 322 g/mol. The number of carbonyl (C=O) groups excluding carboxylic acids is 1. The molecule has 0 atom stereocenters. The van der Waals surface area contributed by atoms with Crippen molar-refractivity contribution in [1.29, 1.82) is 0 Å². The predicted molar refractivity (Wildman–Crippen MR) is 95.4 cm³/mol. The van der Waals surface area contributed by atoms with Gasteiger partial charge in [-0.25, -0.2) is 9.97 Å². The van der Waals surface area contributed by atoms with Crippen molar-refractivity contribution in [2.24, 2.45) is 0 Å². The lowest BCUT2D eigenvalue weighted by Gasteiger charge is -2.26. The Hall–Kier alpha value is -2.69. The quantitative estimate of drug-likeness (QED) is 0.860. The van der Waals surface area contributed by atoms with Gasteiger partial charge in [-0.2, -0.15) is 0 Å². The van der Waals surface area contributed by atoms with Crippen LogP contribution in [0.15, 0.2) is 48.7 Å². The zero-order valence-electron chi connectivity index (χ0n) is 13.7. The van der Waals surface area contributed by atoms with Crippen molar-refractivity contribution in [3.05, 3.63) is 59.9 Å². The SMILES string of the molecule is O=C(C=Cc1ccccc1)NCc1ccnc(N2CCCCC2)n1. The largest absolute Gasteiger partial charge is 0.347 e. The van der Waals surface area contributed by atoms with Crippen molar-refractivity contribution in [3.63, 3.8) is 0 Å². The van der Waals surface area contributed by atoms with Gasteiger partial charge >= 0.3 is 0 Å². The molecule has 1 N–H and O–H groups in total. The third-order valence-electron chi connectivity index (χ3n) is 4.01. The molecule has 1 aliphatic heterocycles. The molecule has 1 aromatic carbocycles. The summed E-state index contributed by atoms with van der Waals surface area (Å²) in [5.74, 6) is 0.637. The van der Waals surface area contributed by atoms with Crippen LogP contribution in [0, 0.1) is 0 Å². The zero-order chi connectivity index (χ0) is 16.6. The zero-order valence-corrected chi connectivity index (χ0v) is 13.7. The molecule has 2 heterocycles. The Bertz CT molecular complexity index is 694. The van der Waals surface area contributed by atoms with Gasteiger partial charge in [0, 0.05) is 25.4 Å². The van der Waals surface area contributed by atoms with Crippen molar-refractivity contribution in [2.75, 3.05) is 18.0 Å². The number of hydrogen-bond donors (Lipinski definition) is 1. The van der Waals surface area contributed by atoms with Crippen LogP contribution in [0.25, 0.3) is 6.08 Å². The van der Waals surface area contributed by atoms with Crippen LogP contribution in [-0.2, 0) is 11.3 Å². The second-order valence-corrected chi connectivity index (χ2v) is 5.86. The first-order valence-corrected chi connectivity index (χ1v) is 8.39. The third-order valence-corrected chi connectivity index (χ3v) is 4.01. The lowest BCUT2D eigenvalue weighted by atomic mass is 10.1. The topological polar surface area (TPSA) is 58.1 Å². The Labute approximate surface area is 142 Å². The third kappa shape index (κ3) is 4.65. The van der Waals surface area contributed by atoms with E-state index in [4.69, 9.17) is 0 Å². The number of piperidine rings is 1. The standard InChI is InChI=1S/C19H22N4O/c24-18(10-9-16-7-3-1-4-8-16)21-15-17-11-12-20-19(22-17)23-13-5-2-6-14-23/h1,3-4,7-12H,2,5-6,13-15H2,(H,21,24). The molecule has 124 valence electrons. The number of anilines is 1. The van der Waals surface area contributed by atoms with E-state index in [-0.39, 0.29) is 5.91 Å². The van der Waals surface area contributed by atoms with E-state index in [0.717, 1.165) is 30.3 Å². The molecule has 5 nitrogen and oxygen atoms in total. The molecule has 1 aliphatic rings. The van der Waals surface area contributed by atoms with E-state index in [1.807, 2.05) is 36.4 Å². The smallest absolute Gasteiger partial charge is 0.244 e. The molecular formula is C19H22N4O. The van der Waals surface area contributed by atoms with E-state index >= 15 is 0 Å². The fraction of sp³-hybridized carbons (Fsp3) is 0.316. The van der Waals surface area contributed by atoms with Crippen molar-refractivity contribution in [1.82, 2.24) is 15.3 Å². The van der Waals surface area contributed by atoms with Gasteiger partial charge < -0.3 is 10.2 Å². The van der Waals surface area contributed by atoms with Crippen LogP contribution in [0.2, 0.25) is 0 Å². The van der Waals surface area contributed by atoms with Gasteiger partial charge in [0.1, 0.15) is 0 Å². The fourth-order valence-corrected chi connectivity index (χ4v) is 2.70. The normalized spacial score (nSPS) is 14.8. The number of aromatic nitrogens is 2. The summed E-state index contributed by atoms with van der Waals surface area (Å²) in [6.07, 6.45) is 8.76. The van der Waals surface area contributed by atoms with Crippen molar-refractivity contribution in [3.8, 4) is 0 Å². The number of nitrogens with zero attached hydrogens (tertiary/aromatic N) is 3. The number of hydrogen-bond acceptors (Lipinski definition) is 4. The Morgan fingerprint density at radius 1 is 1.12 bits per heavy atom. The summed E-state index contributed by atoms with van der Waals surface area (Å²) in [6.45, 7) is 2.42. The molecule has 3 rings (SSSR count). The number of rotatable bonds is 5. The van der Waals surface area contributed by atoms with Gasteiger partial charge in [0.25, 0.3) is 0 Å². The highest BCUT2D eigenvalue weighted by Gasteiger charge is 2.13. The maximum absolute atomic E-state index is 11.9. The lowest BCUT2D eigenvalue weighted by molar-refractivity contribution is -0.116. The van der Waals surface area contributed by atoms with Crippen LogP contribution in [0.1, 0.15) is 30.5 Å². The number of amides is 1. The highest BCUT2D eigenvalue weighted by atomic mass is 16.1. The molecule has 1 fully saturated rings. The minimum atomic E-state index is -0.128. The molecule has 1 saturated heterocycles. The Kier molecular flexibility index (Phi) is 5.56.